The summed E-state index contributed by atoms with van der Waals surface area (Å²) < 4.78 is 16.8. The van der Waals surface area contributed by atoms with Crippen molar-refractivity contribution in [3.8, 4) is 0 Å². The van der Waals surface area contributed by atoms with E-state index in [-0.39, 0.29) is 39.6 Å². The number of H-pyrrole nitrogens is 2. The molecule has 0 aliphatic heterocycles. The minimum atomic E-state index is -2.67. The second-order valence-corrected chi connectivity index (χ2v) is 8.17. The van der Waals surface area contributed by atoms with Crippen LogP contribution in [0, 0.1) is 17.0 Å². The number of carbonyl (C=O) groups excluding carboxylic acids is 1. The Kier molecular flexibility index (Phi) is 5.21. The zero-order valence-electron chi connectivity index (χ0n) is 14.0. The summed E-state index contributed by atoms with van der Waals surface area (Å²) >= 11 is 0. The summed E-state index contributed by atoms with van der Waals surface area (Å²) in [6, 6.07) is 2.42. The summed E-state index contributed by atoms with van der Waals surface area (Å²) in [7, 11) is -2.67. The van der Waals surface area contributed by atoms with Crippen LogP contribution in [0.3, 0.4) is 0 Å². The van der Waals surface area contributed by atoms with Crippen LogP contribution in [-0.4, -0.2) is 36.6 Å². The molecule has 0 spiro atoms. The minimum absolute atomic E-state index is 0.0866. The van der Waals surface area contributed by atoms with Gasteiger partial charge in [0.05, 0.1) is 14.7 Å². The van der Waals surface area contributed by atoms with Crippen LogP contribution < -0.4 is 5.56 Å². The number of hydrogen-bond acceptors (Lipinski definition) is 6. The minimum Gasteiger partial charge on any atom is -0.305 e. The van der Waals surface area contributed by atoms with Crippen molar-refractivity contribution >= 4 is 26.9 Å². The van der Waals surface area contributed by atoms with Crippen LogP contribution >= 0.6 is 0 Å². The molecular weight excluding hydrogens is 348 g/mol. The molecule has 0 amide bonds. The lowest BCUT2D eigenvalue weighted by atomic mass is 9.99. The van der Waals surface area contributed by atoms with E-state index in [2.05, 4.69) is 14.6 Å². The first-order valence-electron chi connectivity index (χ1n) is 7.55. The fraction of sp³-hybridized carbons (Fsp3) is 0.333. The van der Waals surface area contributed by atoms with Crippen molar-refractivity contribution < 1.29 is 13.9 Å². The van der Waals surface area contributed by atoms with Crippen molar-refractivity contribution in [1.82, 2.24) is 10.2 Å². The van der Waals surface area contributed by atoms with E-state index < -0.39 is 26.0 Å². The molecule has 0 aliphatic rings. The van der Waals surface area contributed by atoms with Crippen LogP contribution in [0.4, 0.5) is 11.4 Å². The smallest absolute Gasteiger partial charge is 0.295 e. The molecule has 1 aromatic carbocycles. The predicted octanol–water partition coefficient (Wildman–Crippen LogP) is 2.29. The van der Waals surface area contributed by atoms with Gasteiger partial charge in [-0.2, -0.15) is 4.36 Å². The molecule has 1 aromatic heterocycles. The van der Waals surface area contributed by atoms with E-state index in [1.165, 1.54) is 19.2 Å². The molecule has 0 fully saturated rings. The topological polar surface area (TPSA) is 138 Å². The molecule has 0 saturated heterocycles. The van der Waals surface area contributed by atoms with Gasteiger partial charge in [-0.05, 0) is 18.6 Å². The number of benzene rings is 1. The second-order valence-electron chi connectivity index (χ2n) is 5.29. The van der Waals surface area contributed by atoms with Gasteiger partial charge in [0.25, 0.3) is 11.2 Å². The van der Waals surface area contributed by atoms with Crippen LogP contribution in [0.15, 0.2) is 27.5 Å². The van der Waals surface area contributed by atoms with Crippen molar-refractivity contribution in [3.63, 3.8) is 0 Å². The van der Waals surface area contributed by atoms with E-state index in [4.69, 9.17) is 0 Å². The van der Waals surface area contributed by atoms with Crippen LogP contribution in [0.25, 0.3) is 0 Å². The number of nitrogens with zero attached hydrogens (tertiary/aromatic N) is 2. The van der Waals surface area contributed by atoms with E-state index >= 15 is 0 Å². The van der Waals surface area contributed by atoms with E-state index in [0.717, 1.165) is 6.07 Å². The van der Waals surface area contributed by atoms with Gasteiger partial charge in [0.1, 0.15) is 5.56 Å². The monoisotopic (exact) mass is 366 g/mol. The Balaban J connectivity index is 2.76. The normalized spacial score (nSPS) is 11.3. The first-order valence-corrected chi connectivity index (χ1v) is 9.40. The highest BCUT2D eigenvalue weighted by molar-refractivity contribution is 7.93. The largest absolute Gasteiger partial charge is 0.305 e. The summed E-state index contributed by atoms with van der Waals surface area (Å²) in [6.45, 7) is 4.86. The third kappa shape index (κ3) is 3.53. The molecule has 0 radical (unpaired) electrons. The quantitative estimate of drug-likeness (QED) is 0.459. The molecule has 0 saturated carbocycles. The molecule has 0 aliphatic carbocycles. The molecule has 2 aromatic rings. The summed E-state index contributed by atoms with van der Waals surface area (Å²) in [6.07, 6.45) is 1.23. The maximum atomic E-state index is 12.6. The Morgan fingerprint density at radius 3 is 2.40 bits per heavy atom. The molecule has 0 bridgehead atoms. The van der Waals surface area contributed by atoms with Gasteiger partial charge in [0.15, 0.2) is 5.69 Å². The van der Waals surface area contributed by atoms with Gasteiger partial charge in [0.2, 0.25) is 5.78 Å². The second kappa shape index (κ2) is 7.01. The van der Waals surface area contributed by atoms with Gasteiger partial charge >= 0.3 is 0 Å². The third-order valence-corrected chi connectivity index (χ3v) is 6.22. The van der Waals surface area contributed by atoms with Crippen molar-refractivity contribution in [2.75, 3.05) is 11.5 Å². The summed E-state index contributed by atoms with van der Waals surface area (Å²) in [4.78, 5) is 34.9. The number of nitro groups is 1. The number of nitrogens with one attached hydrogen (secondary N) is 2. The maximum absolute atomic E-state index is 12.6. The molecule has 10 heteroatoms. The fourth-order valence-corrected chi connectivity index (χ4v) is 3.54. The highest BCUT2D eigenvalue weighted by Gasteiger charge is 2.24. The zero-order valence-corrected chi connectivity index (χ0v) is 14.8. The number of hydrogen-bond donors (Lipinski definition) is 2. The number of aromatic nitrogens is 2. The molecule has 1 heterocycles. The van der Waals surface area contributed by atoms with Crippen LogP contribution in [-0.2, 0) is 9.73 Å². The molecule has 25 heavy (non-hydrogen) atoms. The third-order valence-electron chi connectivity index (χ3n) is 3.90. The molecule has 2 N–H and O–H groups in total. The highest BCUT2D eigenvalue weighted by Crippen LogP contribution is 2.35. The van der Waals surface area contributed by atoms with E-state index in [9.17, 15) is 23.9 Å². The number of aromatic amines is 2. The number of carbonyl (C=O) groups is 1. The van der Waals surface area contributed by atoms with Crippen LogP contribution in [0.2, 0.25) is 0 Å². The highest BCUT2D eigenvalue weighted by atomic mass is 32.2. The Bertz CT molecular complexity index is 1000. The predicted molar refractivity (Wildman–Crippen MR) is 94.0 cm³/mol. The molecule has 2 rings (SSSR count). The number of rotatable bonds is 6. The van der Waals surface area contributed by atoms with Gasteiger partial charge in [-0.15, -0.1) is 0 Å². The summed E-state index contributed by atoms with van der Waals surface area (Å²) in [5, 5.41) is 16.0. The summed E-state index contributed by atoms with van der Waals surface area (Å²) in [5.74, 6) is -0.128. The van der Waals surface area contributed by atoms with Gasteiger partial charge < -0.3 is 5.10 Å². The number of ketones is 1. The fourth-order valence-electron chi connectivity index (χ4n) is 2.31. The van der Waals surface area contributed by atoms with Crippen molar-refractivity contribution in [1.29, 1.82) is 0 Å². The van der Waals surface area contributed by atoms with E-state index in [1.54, 1.807) is 13.8 Å². The molecule has 9 nitrogen and oxygen atoms in total. The molecule has 0 unspecified atom stereocenters. The Morgan fingerprint density at radius 1 is 1.28 bits per heavy atom. The average molecular weight is 366 g/mol. The van der Waals surface area contributed by atoms with Crippen LogP contribution in [0.5, 0.6) is 0 Å². The Morgan fingerprint density at radius 2 is 1.92 bits per heavy atom. The first kappa shape index (κ1) is 18.6. The summed E-state index contributed by atoms with van der Waals surface area (Å²) in [5.41, 5.74) is -0.803. The SMILES string of the molecule is CCS(=O)(CC)=Nc1c([N+](=O)[O-])ccc(C(=O)c2c[nH][nH]c2=O)c1C. The lowest BCUT2D eigenvalue weighted by molar-refractivity contribution is -0.384. The Hall–Kier alpha value is -2.75. The number of nitro benzene ring substituents is 1. The standard InChI is InChI=1S/C15H18N4O5S/c1-4-25(24,5-2)18-13-9(3)10(6-7-12(13)19(22)23)14(20)11-8-16-17-15(11)21/h6-8H,4-5H2,1-3H3,(H2,16,17,21). The lowest BCUT2D eigenvalue weighted by Crippen LogP contribution is -2.14. The first-order chi connectivity index (χ1) is 11.7. The average Bonchev–Trinajstić information content (AvgIpc) is 3.01. The van der Waals surface area contributed by atoms with Crippen molar-refractivity contribution in [3.05, 3.63) is 55.5 Å². The maximum Gasteiger partial charge on any atom is 0.295 e. The molecule has 134 valence electrons. The van der Waals surface area contributed by atoms with Crippen molar-refractivity contribution in [2.24, 2.45) is 4.36 Å². The Labute approximate surface area is 143 Å². The zero-order chi connectivity index (χ0) is 18.8. The van der Waals surface area contributed by atoms with Crippen molar-refractivity contribution in [2.45, 2.75) is 20.8 Å². The lowest BCUT2D eigenvalue weighted by Gasteiger charge is -2.10. The molecular formula is C15H18N4O5S. The van der Waals surface area contributed by atoms with E-state index in [1.807, 2.05) is 0 Å². The van der Waals surface area contributed by atoms with Gasteiger partial charge in [-0.3, -0.25) is 24.8 Å². The molecule has 0 atom stereocenters. The van der Waals surface area contributed by atoms with Gasteiger partial charge in [-0.25, -0.2) is 4.21 Å². The van der Waals surface area contributed by atoms with Gasteiger partial charge in [0, 0.05) is 29.3 Å². The van der Waals surface area contributed by atoms with Gasteiger partial charge in [-0.1, -0.05) is 13.8 Å². The van der Waals surface area contributed by atoms with Crippen LogP contribution in [0.1, 0.15) is 35.3 Å². The van der Waals surface area contributed by atoms with E-state index in [0.29, 0.717) is 0 Å².